The highest BCUT2D eigenvalue weighted by molar-refractivity contribution is 6.27. The summed E-state index contributed by atoms with van der Waals surface area (Å²) in [7, 11) is 0. The number of rotatable bonds is 1. The normalized spacial score (nSPS) is 21.6. The van der Waals surface area contributed by atoms with Gasteiger partial charge in [-0.3, -0.25) is 9.59 Å². The van der Waals surface area contributed by atoms with Gasteiger partial charge in [0.05, 0.1) is 6.42 Å². The van der Waals surface area contributed by atoms with Gasteiger partial charge >= 0.3 is 0 Å². The Kier molecular flexibility index (Phi) is 2.09. The van der Waals surface area contributed by atoms with Crippen LogP contribution in [0.15, 0.2) is 36.0 Å². The van der Waals surface area contributed by atoms with Crippen molar-refractivity contribution in [3.05, 3.63) is 36.0 Å². The van der Waals surface area contributed by atoms with E-state index in [0.29, 0.717) is 11.1 Å². The van der Waals surface area contributed by atoms with Crippen molar-refractivity contribution in [1.82, 2.24) is 0 Å². The van der Waals surface area contributed by atoms with Gasteiger partial charge in [-0.2, -0.15) is 0 Å². The first-order valence-electron chi connectivity index (χ1n) is 3.67. The van der Waals surface area contributed by atoms with Crippen LogP contribution < -0.4 is 0 Å². The van der Waals surface area contributed by atoms with E-state index < -0.39 is 0 Å². The van der Waals surface area contributed by atoms with Crippen LogP contribution >= 0.6 is 0 Å². The fourth-order valence-electron chi connectivity index (χ4n) is 1.21. The Labute approximate surface area is 71.3 Å². The van der Waals surface area contributed by atoms with Crippen LogP contribution in [0.4, 0.5) is 0 Å². The molecule has 0 radical (unpaired) electrons. The first-order chi connectivity index (χ1) is 5.57. The predicted octanol–water partition coefficient (Wildman–Crippen LogP) is 1.59. The molecule has 0 aromatic carbocycles. The van der Waals surface area contributed by atoms with Gasteiger partial charge in [-0.15, -0.1) is 0 Å². The number of hydrogen-bond donors (Lipinski definition) is 0. The SMILES string of the molecule is C=C/C(C)=C1\C(=C)C(=O)CC1=O. The Hall–Kier alpha value is -1.44. The highest BCUT2D eigenvalue weighted by Crippen LogP contribution is 2.25. The molecule has 0 aliphatic heterocycles. The van der Waals surface area contributed by atoms with Crippen molar-refractivity contribution in [2.24, 2.45) is 0 Å². The van der Waals surface area contributed by atoms with Crippen molar-refractivity contribution in [1.29, 1.82) is 0 Å². The van der Waals surface area contributed by atoms with Crippen LogP contribution in [0.25, 0.3) is 0 Å². The Morgan fingerprint density at radius 1 is 1.42 bits per heavy atom. The van der Waals surface area contributed by atoms with Crippen molar-refractivity contribution in [2.75, 3.05) is 0 Å². The molecule has 1 aliphatic carbocycles. The fourth-order valence-corrected chi connectivity index (χ4v) is 1.21. The first kappa shape index (κ1) is 8.65. The third kappa shape index (κ3) is 1.16. The summed E-state index contributed by atoms with van der Waals surface area (Å²) in [6.07, 6.45) is 1.54. The summed E-state index contributed by atoms with van der Waals surface area (Å²) in [6.45, 7) is 8.85. The number of allylic oxidation sites excluding steroid dienone is 4. The van der Waals surface area contributed by atoms with E-state index in [0.717, 1.165) is 5.57 Å². The fraction of sp³-hybridized carbons (Fsp3) is 0.200. The summed E-state index contributed by atoms with van der Waals surface area (Å²) in [4.78, 5) is 22.2. The molecule has 0 amide bonds. The topological polar surface area (TPSA) is 34.1 Å². The summed E-state index contributed by atoms with van der Waals surface area (Å²) >= 11 is 0. The summed E-state index contributed by atoms with van der Waals surface area (Å²) in [5.41, 5.74) is 1.52. The summed E-state index contributed by atoms with van der Waals surface area (Å²) in [6, 6.07) is 0. The molecular formula is C10H10O2. The van der Waals surface area contributed by atoms with E-state index in [2.05, 4.69) is 13.2 Å². The van der Waals surface area contributed by atoms with Crippen molar-refractivity contribution >= 4 is 11.6 Å². The van der Waals surface area contributed by atoms with Crippen LogP contribution in [0.5, 0.6) is 0 Å². The number of Topliss-reactive ketones (excluding diaryl/α,β-unsaturated/α-hetero) is 2. The van der Waals surface area contributed by atoms with Crippen LogP contribution in [-0.4, -0.2) is 11.6 Å². The number of carbonyl (C=O) groups excluding carboxylic acids is 2. The molecule has 0 N–H and O–H groups in total. The second-order valence-electron chi connectivity index (χ2n) is 2.76. The number of hydrogen-bond acceptors (Lipinski definition) is 2. The van der Waals surface area contributed by atoms with E-state index >= 15 is 0 Å². The van der Waals surface area contributed by atoms with Crippen LogP contribution in [0.1, 0.15) is 13.3 Å². The van der Waals surface area contributed by atoms with Gasteiger partial charge < -0.3 is 0 Å². The molecule has 0 bridgehead atoms. The lowest BCUT2D eigenvalue weighted by Gasteiger charge is -1.97. The average Bonchev–Trinajstić information content (AvgIpc) is 2.26. The Bertz CT molecular complexity index is 319. The monoisotopic (exact) mass is 162 g/mol. The molecule has 2 heteroatoms. The van der Waals surface area contributed by atoms with Gasteiger partial charge in [-0.1, -0.05) is 19.2 Å². The van der Waals surface area contributed by atoms with E-state index in [-0.39, 0.29) is 18.0 Å². The molecular weight excluding hydrogens is 152 g/mol. The van der Waals surface area contributed by atoms with Crippen LogP contribution in [0.3, 0.4) is 0 Å². The molecule has 1 saturated carbocycles. The van der Waals surface area contributed by atoms with Gasteiger partial charge in [0, 0.05) is 11.1 Å². The molecule has 0 spiro atoms. The van der Waals surface area contributed by atoms with Gasteiger partial charge in [-0.25, -0.2) is 0 Å². The van der Waals surface area contributed by atoms with Crippen LogP contribution in [0, 0.1) is 0 Å². The van der Waals surface area contributed by atoms with Gasteiger partial charge in [0.1, 0.15) is 0 Å². The third-order valence-electron chi connectivity index (χ3n) is 1.94. The largest absolute Gasteiger partial charge is 0.294 e. The molecule has 0 aromatic heterocycles. The van der Waals surface area contributed by atoms with Crippen molar-refractivity contribution < 1.29 is 9.59 Å². The van der Waals surface area contributed by atoms with Gasteiger partial charge in [0.25, 0.3) is 0 Å². The van der Waals surface area contributed by atoms with Gasteiger partial charge in [-0.05, 0) is 12.5 Å². The second kappa shape index (κ2) is 2.89. The molecule has 1 fully saturated rings. The standard InChI is InChI=1S/C10H10O2/c1-4-6(2)10-7(3)8(11)5-9(10)12/h4H,1,3,5H2,2H3/b10-6+. The Morgan fingerprint density at radius 2 is 2.00 bits per heavy atom. The van der Waals surface area contributed by atoms with E-state index in [9.17, 15) is 9.59 Å². The minimum Gasteiger partial charge on any atom is -0.294 e. The number of carbonyl (C=O) groups is 2. The summed E-state index contributed by atoms with van der Waals surface area (Å²) in [5.74, 6) is -0.307. The van der Waals surface area contributed by atoms with E-state index in [4.69, 9.17) is 0 Å². The number of ketones is 2. The molecule has 0 atom stereocenters. The molecule has 1 rings (SSSR count). The minimum atomic E-state index is -0.170. The van der Waals surface area contributed by atoms with E-state index in [1.807, 2.05) is 0 Å². The van der Waals surface area contributed by atoms with Gasteiger partial charge in [0.2, 0.25) is 0 Å². The summed E-state index contributed by atoms with van der Waals surface area (Å²) < 4.78 is 0. The zero-order valence-corrected chi connectivity index (χ0v) is 7.02. The molecule has 12 heavy (non-hydrogen) atoms. The highest BCUT2D eigenvalue weighted by Gasteiger charge is 2.29. The highest BCUT2D eigenvalue weighted by atomic mass is 16.2. The lowest BCUT2D eigenvalue weighted by Crippen LogP contribution is -1.94. The molecule has 62 valence electrons. The molecule has 0 unspecified atom stereocenters. The van der Waals surface area contributed by atoms with E-state index in [1.165, 1.54) is 0 Å². The third-order valence-corrected chi connectivity index (χ3v) is 1.94. The first-order valence-corrected chi connectivity index (χ1v) is 3.67. The average molecular weight is 162 g/mol. The maximum Gasteiger partial charge on any atom is 0.171 e. The lowest BCUT2D eigenvalue weighted by atomic mass is 10.0. The zero-order chi connectivity index (χ0) is 9.30. The van der Waals surface area contributed by atoms with Gasteiger partial charge in [0.15, 0.2) is 11.6 Å². The van der Waals surface area contributed by atoms with Crippen molar-refractivity contribution in [2.45, 2.75) is 13.3 Å². The minimum absolute atomic E-state index is 0.0284. The maximum absolute atomic E-state index is 11.2. The quantitative estimate of drug-likeness (QED) is 0.433. The predicted molar refractivity (Wildman–Crippen MR) is 46.7 cm³/mol. The Morgan fingerprint density at radius 3 is 2.33 bits per heavy atom. The molecule has 0 saturated heterocycles. The molecule has 0 heterocycles. The Balaban J connectivity index is 3.23. The second-order valence-corrected chi connectivity index (χ2v) is 2.76. The maximum atomic E-state index is 11.2. The van der Waals surface area contributed by atoms with Crippen LogP contribution in [0.2, 0.25) is 0 Å². The smallest absolute Gasteiger partial charge is 0.171 e. The zero-order valence-electron chi connectivity index (χ0n) is 7.02. The summed E-state index contributed by atoms with van der Waals surface area (Å²) in [5, 5.41) is 0. The van der Waals surface area contributed by atoms with E-state index in [1.54, 1.807) is 13.0 Å². The van der Waals surface area contributed by atoms with Crippen molar-refractivity contribution in [3.8, 4) is 0 Å². The molecule has 1 aliphatic rings. The molecule has 0 aromatic rings. The lowest BCUT2D eigenvalue weighted by molar-refractivity contribution is -0.120. The molecule has 2 nitrogen and oxygen atoms in total. The van der Waals surface area contributed by atoms with Crippen LogP contribution in [-0.2, 0) is 9.59 Å². The van der Waals surface area contributed by atoms with Crippen molar-refractivity contribution in [3.63, 3.8) is 0 Å².